The normalized spacial score (nSPS) is 10.9. The lowest BCUT2D eigenvalue weighted by Crippen LogP contribution is -2.24. The SMILES string of the molecule is O=C(Cc1ccc(Br)cc1)NCc1ccc(-n2cnc3ccccc32)nc1. The largest absolute Gasteiger partial charge is 0.352 e. The number of hydrogen-bond donors (Lipinski definition) is 1. The van der Waals surface area contributed by atoms with Gasteiger partial charge in [-0.3, -0.25) is 9.36 Å². The van der Waals surface area contributed by atoms with Crippen LogP contribution in [0.5, 0.6) is 0 Å². The Labute approximate surface area is 165 Å². The molecule has 134 valence electrons. The fourth-order valence-corrected chi connectivity index (χ4v) is 3.12. The topological polar surface area (TPSA) is 59.8 Å². The summed E-state index contributed by atoms with van der Waals surface area (Å²) < 4.78 is 2.95. The zero-order chi connectivity index (χ0) is 18.6. The number of carbonyl (C=O) groups excluding carboxylic acids is 1. The number of amides is 1. The summed E-state index contributed by atoms with van der Waals surface area (Å²) in [6, 6.07) is 19.6. The minimum absolute atomic E-state index is 0.0120. The van der Waals surface area contributed by atoms with Crippen LogP contribution in [0.4, 0.5) is 0 Å². The van der Waals surface area contributed by atoms with E-state index in [2.05, 4.69) is 31.2 Å². The highest BCUT2D eigenvalue weighted by Crippen LogP contribution is 2.16. The van der Waals surface area contributed by atoms with Crippen LogP contribution in [0, 0.1) is 0 Å². The predicted octanol–water partition coefficient (Wildman–Crippen LogP) is 4.04. The van der Waals surface area contributed by atoms with E-state index in [9.17, 15) is 4.79 Å². The summed E-state index contributed by atoms with van der Waals surface area (Å²) in [7, 11) is 0. The number of imidazole rings is 1. The summed E-state index contributed by atoms with van der Waals surface area (Å²) in [6.07, 6.45) is 3.91. The number of carbonyl (C=O) groups is 1. The van der Waals surface area contributed by atoms with Gasteiger partial charge in [-0.1, -0.05) is 46.3 Å². The van der Waals surface area contributed by atoms with E-state index in [0.29, 0.717) is 13.0 Å². The number of nitrogens with zero attached hydrogens (tertiary/aromatic N) is 3. The number of para-hydroxylation sites is 2. The highest BCUT2D eigenvalue weighted by Gasteiger charge is 2.06. The molecule has 0 spiro atoms. The number of pyridine rings is 1. The van der Waals surface area contributed by atoms with Gasteiger partial charge in [0.2, 0.25) is 5.91 Å². The van der Waals surface area contributed by atoms with Crippen LogP contribution in [0.1, 0.15) is 11.1 Å². The highest BCUT2D eigenvalue weighted by molar-refractivity contribution is 9.10. The summed E-state index contributed by atoms with van der Waals surface area (Å²) in [5, 5.41) is 2.94. The maximum Gasteiger partial charge on any atom is 0.224 e. The standard InChI is InChI=1S/C21H17BrN4O/c22-17-8-5-15(6-9-17)11-21(27)24-13-16-7-10-20(23-12-16)26-14-25-18-3-1-2-4-19(18)26/h1-10,12,14H,11,13H2,(H,24,27). The Morgan fingerprint density at radius 3 is 2.52 bits per heavy atom. The third kappa shape index (κ3) is 4.06. The Bertz CT molecular complexity index is 1070. The van der Waals surface area contributed by atoms with E-state index in [1.807, 2.05) is 65.2 Å². The molecule has 2 aromatic heterocycles. The van der Waals surface area contributed by atoms with Crippen molar-refractivity contribution in [2.45, 2.75) is 13.0 Å². The summed E-state index contributed by atoms with van der Waals surface area (Å²) in [4.78, 5) is 21.0. The molecule has 0 saturated carbocycles. The molecule has 2 aromatic carbocycles. The second-order valence-corrected chi connectivity index (χ2v) is 7.12. The van der Waals surface area contributed by atoms with Crippen LogP contribution < -0.4 is 5.32 Å². The van der Waals surface area contributed by atoms with E-state index in [1.165, 1.54) is 0 Å². The van der Waals surface area contributed by atoms with E-state index in [4.69, 9.17) is 0 Å². The second-order valence-electron chi connectivity index (χ2n) is 6.21. The van der Waals surface area contributed by atoms with Crippen molar-refractivity contribution in [3.63, 3.8) is 0 Å². The first-order chi connectivity index (χ1) is 13.2. The lowest BCUT2D eigenvalue weighted by molar-refractivity contribution is -0.120. The quantitative estimate of drug-likeness (QED) is 0.529. The van der Waals surface area contributed by atoms with Crippen LogP contribution in [0.3, 0.4) is 0 Å². The molecule has 0 atom stereocenters. The molecule has 27 heavy (non-hydrogen) atoms. The molecule has 6 heteroatoms. The number of halogens is 1. The predicted molar refractivity (Wildman–Crippen MR) is 109 cm³/mol. The number of benzene rings is 2. The minimum atomic E-state index is -0.0120. The highest BCUT2D eigenvalue weighted by atomic mass is 79.9. The van der Waals surface area contributed by atoms with E-state index < -0.39 is 0 Å². The molecule has 2 heterocycles. The average molecular weight is 421 g/mol. The van der Waals surface area contributed by atoms with Gasteiger partial charge in [-0.2, -0.15) is 0 Å². The first-order valence-electron chi connectivity index (χ1n) is 8.57. The number of fused-ring (bicyclic) bond motifs is 1. The molecule has 0 aliphatic rings. The van der Waals surface area contributed by atoms with Crippen LogP contribution in [0.15, 0.2) is 77.7 Å². The lowest BCUT2D eigenvalue weighted by Gasteiger charge is -2.07. The summed E-state index contributed by atoms with van der Waals surface area (Å²) >= 11 is 3.39. The third-order valence-electron chi connectivity index (χ3n) is 4.28. The van der Waals surface area contributed by atoms with Gasteiger partial charge in [0.25, 0.3) is 0 Å². The van der Waals surface area contributed by atoms with Gasteiger partial charge in [0.05, 0.1) is 17.5 Å². The minimum Gasteiger partial charge on any atom is -0.352 e. The van der Waals surface area contributed by atoms with Crippen LogP contribution in [0.25, 0.3) is 16.9 Å². The Kier molecular flexibility index (Phi) is 4.98. The number of nitrogens with one attached hydrogen (secondary N) is 1. The molecule has 1 amide bonds. The molecule has 0 saturated heterocycles. The maximum absolute atomic E-state index is 12.1. The van der Waals surface area contributed by atoms with Gasteiger partial charge in [-0.15, -0.1) is 0 Å². The maximum atomic E-state index is 12.1. The number of rotatable bonds is 5. The van der Waals surface area contributed by atoms with Crippen molar-refractivity contribution in [1.82, 2.24) is 19.9 Å². The lowest BCUT2D eigenvalue weighted by atomic mass is 10.1. The zero-order valence-corrected chi connectivity index (χ0v) is 16.1. The third-order valence-corrected chi connectivity index (χ3v) is 4.81. The van der Waals surface area contributed by atoms with Crippen molar-refractivity contribution >= 4 is 32.9 Å². The van der Waals surface area contributed by atoms with Crippen LogP contribution in [-0.2, 0) is 17.8 Å². The summed E-state index contributed by atoms with van der Waals surface area (Å²) in [5.41, 5.74) is 3.88. The number of hydrogen-bond acceptors (Lipinski definition) is 3. The van der Waals surface area contributed by atoms with Gasteiger partial charge < -0.3 is 5.32 Å². The van der Waals surface area contributed by atoms with Crippen molar-refractivity contribution in [2.24, 2.45) is 0 Å². The molecule has 4 aromatic rings. The Balaban J connectivity index is 1.39. The summed E-state index contributed by atoms with van der Waals surface area (Å²) in [5.74, 6) is 0.788. The van der Waals surface area contributed by atoms with Gasteiger partial charge in [0.15, 0.2) is 0 Å². The van der Waals surface area contributed by atoms with Crippen LogP contribution in [0.2, 0.25) is 0 Å². The number of aromatic nitrogens is 3. The molecule has 0 radical (unpaired) electrons. The fourth-order valence-electron chi connectivity index (χ4n) is 2.86. The van der Waals surface area contributed by atoms with Gasteiger partial charge in [0, 0.05) is 17.2 Å². The Morgan fingerprint density at radius 1 is 0.963 bits per heavy atom. The molecule has 0 bridgehead atoms. The Morgan fingerprint density at radius 2 is 1.74 bits per heavy atom. The molecule has 0 unspecified atom stereocenters. The fraction of sp³-hybridized carbons (Fsp3) is 0.0952. The average Bonchev–Trinajstić information content (AvgIpc) is 3.13. The molecule has 5 nitrogen and oxygen atoms in total. The van der Waals surface area contributed by atoms with Gasteiger partial charge >= 0.3 is 0 Å². The van der Waals surface area contributed by atoms with E-state index in [-0.39, 0.29) is 5.91 Å². The van der Waals surface area contributed by atoms with Crippen molar-refractivity contribution < 1.29 is 4.79 Å². The molecule has 4 rings (SSSR count). The van der Waals surface area contributed by atoms with Crippen LogP contribution >= 0.6 is 15.9 Å². The van der Waals surface area contributed by atoms with Gasteiger partial charge in [-0.05, 0) is 41.5 Å². The first kappa shape index (κ1) is 17.4. The second kappa shape index (κ2) is 7.72. The molecule has 0 fully saturated rings. The Hall–Kier alpha value is -2.99. The summed E-state index contributed by atoms with van der Waals surface area (Å²) in [6.45, 7) is 0.452. The van der Waals surface area contributed by atoms with E-state index in [1.54, 1.807) is 12.5 Å². The van der Waals surface area contributed by atoms with Crippen molar-refractivity contribution in [3.05, 3.63) is 88.8 Å². The monoisotopic (exact) mass is 420 g/mol. The van der Waals surface area contributed by atoms with Gasteiger partial charge in [0.1, 0.15) is 12.1 Å². The molecular weight excluding hydrogens is 404 g/mol. The van der Waals surface area contributed by atoms with Crippen molar-refractivity contribution in [2.75, 3.05) is 0 Å². The van der Waals surface area contributed by atoms with Crippen molar-refractivity contribution in [1.29, 1.82) is 0 Å². The molecule has 0 aliphatic heterocycles. The molecule has 1 N–H and O–H groups in total. The van der Waals surface area contributed by atoms with E-state index >= 15 is 0 Å². The van der Waals surface area contributed by atoms with Crippen molar-refractivity contribution in [3.8, 4) is 5.82 Å². The van der Waals surface area contributed by atoms with Crippen LogP contribution in [-0.4, -0.2) is 20.4 Å². The molecule has 0 aliphatic carbocycles. The smallest absolute Gasteiger partial charge is 0.224 e. The van der Waals surface area contributed by atoms with E-state index in [0.717, 1.165) is 32.5 Å². The zero-order valence-electron chi connectivity index (χ0n) is 14.5. The first-order valence-corrected chi connectivity index (χ1v) is 9.37. The molecular formula is C21H17BrN4O. The van der Waals surface area contributed by atoms with Gasteiger partial charge in [-0.25, -0.2) is 9.97 Å².